The average Bonchev–Trinajstić information content (AvgIpc) is 2.92. The summed E-state index contributed by atoms with van der Waals surface area (Å²) in [5.41, 5.74) is 0. The molecule has 110 valence electrons. The van der Waals surface area contributed by atoms with Gasteiger partial charge in [0.25, 0.3) is 0 Å². The molecule has 1 aliphatic carbocycles. The van der Waals surface area contributed by atoms with Gasteiger partial charge in [-0.2, -0.15) is 0 Å². The van der Waals surface area contributed by atoms with Crippen LogP contribution in [0.5, 0.6) is 0 Å². The molecule has 0 spiro atoms. The molecule has 3 atom stereocenters. The Morgan fingerprint density at radius 2 is 2.26 bits per heavy atom. The Morgan fingerprint density at radius 1 is 1.47 bits per heavy atom. The van der Waals surface area contributed by atoms with Crippen molar-refractivity contribution in [3.63, 3.8) is 0 Å². The van der Waals surface area contributed by atoms with E-state index in [1.54, 1.807) is 7.11 Å². The highest BCUT2D eigenvalue weighted by atomic mass is 16.5. The first-order chi connectivity index (χ1) is 9.24. The molecular formula is C14H28N4O. The molecule has 2 N–H and O–H groups in total. The fourth-order valence-electron chi connectivity index (χ4n) is 2.74. The van der Waals surface area contributed by atoms with E-state index in [4.69, 9.17) is 4.74 Å². The third-order valence-corrected chi connectivity index (χ3v) is 4.24. The maximum Gasteiger partial charge on any atom is 0.191 e. The van der Waals surface area contributed by atoms with Crippen molar-refractivity contribution in [3.05, 3.63) is 0 Å². The number of hydrogen-bond donors (Lipinski definition) is 2. The standard InChI is InChI=1S/C14H28N4O/c1-11-9-13(11)17-14(15-2)16-10-12-5-4-6-18(12)7-8-19-3/h11-13H,4-10H2,1-3H3,(H2,15,16,17). The normalized spacial score (nSPS) is 31.5. The molecule has 0 amide bonds. The van der Waals surface area contributed by atoms with Gasteiger partial charge in [0.15, 0.2) is 5.96 Å². The van der Waals surface area contributed by atoms with E-state index in [0.717, 1.165) is 31.6 Å². The predicted molar refractivity (Wildman–Crippen MR) is 78.5 cm³/mol. The van der Waals surface area contributed by atoms with Gasteiger partial charge in [0.05, 0.1) is 6.61 Å². The Balaban J connectivity index is 1.70. The Morgan fingerprint density at radius 3 is 2.89 bits per heavy atom. The lowest BCUT2D eigenvalue weighted by atomic mass is 10.2. The number of aliphatic imine (C=N–C) groups is 1. The number of methoxy groups -OCH3 is 1. The quantitative estimate of drug-likeness (QED) is 0.549. The molecule has 0 aromatic carbocycles. The van der Waals surface area contributed by atoms with Crippen molar-refractivity contribution >= 4 is 5.96 Å². The summed E-state index contributed by atoms with van der Waals surface area (Å²) >= 11 is 0. The number of likely N-dealkylation sites (tertiary alicyclic amines) is 1. The number of ether oxygens (including phenoxy) is 1. The summed E-state index contributed by atoms with van der Waals surface area (Å²) in [5.74, 6) is 1.75. The Labute approximate surface area is 116 Å². The van der Waals surface area contributed by atoms with Crippen LogP contribution in [0.1, 0.15) is 26.2 Å². The van der Waals surface area contributed by atoms with Gasteiger partial charge in [-0.25, -0.2) is 0 Å². The smallest absolute Gasteiger partial charge is 0.191 e. The topological polar surface area (TPSA) is 48.9 Å². The van der Waals surface area contributed by atoms with Crippen LogP contribution in [-0.4, -0.2) is 63.3 Å². The number of rotatable bonds is 6. The molecule has 1 aliphatic heterocycles. The highest BCUT2D eigenvalue weighted by molar-refractivity contribution is 5.80. The highest BCUT2D eigenvalue weighted by Crippen LogP contribution is 2.28. The Bertz CT molecular complexity index is 308. The summed E-state index contributed by atoms with van der Waals surface area (Å²) in [4.78, 5) is 6.82. The van der Waals surface area contributed by atoms with Gasteiger partial charge < -0.3 is 15.4 Å². The summed E-state index contributed by atoms with van der Waals surface area (Å²) in [6.07, 6.45) is 3.83. The molecular weight excluding hydrogens is 240 g/mol. The molecule has 1 heterocycles. The van der Waals surface area contributed by atoms with Crippen molar-refractivity contribution in [1.82, 2.24) is 15.5 Å². The first-order valence-corrected chi connectivity index (χ1v) is 7.44. The minimum Gasteiger partial charge on any atom is -0.383 e. The van der Waals surface area contributed by atoms with Crippen LogP contribution in [0.4, 0.5) is 0 Å². The van der Waals surface area contributed by atoms with Gasteiger partial charge >= 0.3 is 0 Å². The molecule has 0 aromatic rings. The summed E-state index contributed by atoms with van der Waals surface area (Å²) < 4.78 is 5.17. The number of hydrogen-bond acceptors (Lipinski definition) is 3. The van der Waals surface area contributed by atoms with Gasteiger partial charge in [-0.05, 0) is 31.7 Å². The molecule has 0 aromatic heterocycles. The second-order valence-corrected chi connectivity index (χ2v) is 5.74. The van der Waals surface area contributed by atoms with Crippen LogP contribution in [0, 0.1) is 5.92 Å². The van der Waals surface area contributed by atoms with Crippen molar-refractivity contribution in [1.29, 1.82) is 0 Å². The van der Waals surface area contributed by atoms with Gasteiger partial charge in [-0.15, -0.1) is 0 Å². The maximum atomic E-state index is 5.17. The van der Waals surface area contributed by atoms with Crippen LogP contribution in [0.25, 0.3) is 0 Å². The lowest BCUT2D eigenvalue weighted by Gasteiger charge is -2.25. The molecule has 3 unspecified atom stereocenters. The highest BCUT2D eigenvalue weighted by Gasteiger charge is 2.33. The average molecular weight is 268 g/mol. The first kappa shape index (κ1) is 14.6. The van der Waals surface area contributed by atoms with Crippen LogP contribution in [-0.2, 0) is 4.74 Å². The molecule has 0 radical (unpaired) electrons. The van der Waals surface area contributed by atoms with Crippen molar-refractivity contribution in [2.45, 2.75) is 38.3 Å². The van der Waals surface area contributed by atoms with Crippen molar-refractivity contribution < 1.29 is 4.74 Å². The van der Waals surface area contributed by atoms with E-state index in [1.807, 2.05) is 7.05 Å². The molecule has 2 fully saturated rings. The second kappa shape index (κ2) is 7.10. The van der Waals surface area contributed by atoms with E-state index in [1.165, 1.54) is 25.8 Å². The summed E-state index contributed by atoms with van der Waals surface area (Å²) in [6.45, 7) is 6.30. The van der Waals surface area contributed by atoms with Gasteiger partial charge in [0.1, 0.15) is 0 Å². The lowest BCUT2D eigenvalue weighted by molar-refractivity contribution is 0.141. The number of guanidine groups is 1. The molecule has 0 bridgehead atoms. The van der Waals surface area contributed by atoms with Gasteiger partial charge in [0, 0.05) is 39.3 Å². The predicted octanol–water partition coefficient (Wildman–Crippen LogP) is 0.671. The first-order valence-electron chi connectivity index (χ1n) is 7.44. The minimum absolute atomic E-state index is 0.616. The van der Waals surface area contributed by atoms with Crippen molar-refractivity contribution in [3.8, 4) is 0 Å². The lowest BCUT2D eigenvalue weighted by Crippen LogP contribution is -2.46. The Hall–Kier alpha value is -0.810. The van der Waals surface area contributed by atoms with E-state index in [9.17, 15) is 0 Å². The SMILES string of the molecule is CN=C(NCC1CCCN1CCOC)NC1CC1C. The molecule has 1 saturated heterocycles. The van der Waals surface area contributed by atoms with E-state index in [0.29, 0.717) is 12.1 Å². The van der Waals surface area contributed by atoms with Gasteiger partial charge in [-0.1, -0.05) is 6.92 Å². The number of nitrogens with zero attached hydrogens (tertiary/aromatic N) is 2. The largest absolute Gasteiger partial charge is 0.383 e. The van der Waals surface area contributed by atoms with Crippen LogP contribution in [0.2, 0.25) is 0 Å². The van der Waals surface area contributed by atoms with Crippen molar-refractivity contribution in [2.75, 3.05) is 40.4 Å². The van der Waals surface area contributed by atoms with Gasteiger partial charge in [0.2, 0.25) is 0 Å². The second-order valence-electron chi connectivity index (χ2n) is 5.74. The van der Waals surface area contributed by atoms with E-state index in [2.05, 4.69) is 27.4 Å². The Kier molecular flexibility index (Phi) is 5.45. The summed E-state index contributed by atoms with van der Waals surface area (Å²) in [5, 5.41) is 6.93. The molecule has 5 nitrogen and oxygen atoms in total. The fourth-order valence-corrected chi connectivity index (χ4v) is 2.74. The molecule has 2 rings (SSSR count). The fraction of sp³-hybridized carbons (Fsp3) is 0.929. The zero-order valence-electron chi connectivity index (χ0n) is 12.5. The van der Waals surface area contributed by atoms with Gasteiger partial charge in [-0.3, -0.25) is 9.89 Å². The van der Waals surface area contributed by atoms with E-state index < -0.39 is 0 Å². The third-order valence-electron chi connectivity index (χ3n) is 4.24. The molecule has 2 aliphatic rings. The molecule has 5 heteroatoms. The summed E-state index contributed by atoms with van der Waals surface area (Å²) in [6, 6.07) is 1.24. The monoisotopic (exact) mass is 268 g/mol. The third kappa shape index (κ3) is 4.35. The van der Waals surface area contributed by atoms with Crippen molar-refractivity contribution in [2.24, 2.45) is 10.9 Å². The zero-order valence-corrected chi connectivity index (χ0v) is 12.5. The molecule has 19 heavy (non-hydrogen) atoms. The molecule has 1 saturated carbocycles. The summed E-state index contributed by atoms with van der Waals surface area (Å²) in [7, 11) is 3.62. The maximum absolute atomic E-state index is 5.17. The van der Waals surface area contributed by atoms with Crippen LogP contribution in [0.15, 0.2) is 4.99 Å². The number of nitrogens with one attached hydrogen (secondary N) is 2. The van der Waals surface area contributed by atoms with Crippen LogP contribution < -0.4 is 10.6 Å². The zero-order chi connectivity index (χ0) is 13.7. The van der Waals surface area contributed by atoms with E-state index >= 15 is 0 Å². The van der Waals surface area contributed by atoms with Crippen LogP contribution >= 0.6 is 0 Å². The van der Waals surface area contributed by atoms with E-state index in [-0.39, 0.29) is 0 Å². The minimum atomic E-state index is 0.616. The van der Waals surface area contributed by atoms with Crippen LogP contribution in [0.3, 0.4) is 0 Å².